The van der Waals surface area contributed by atoms with E-state index in [2.05, 4.69) is 103 Å². The predicted molar refractivity (Wildman–Crippen MR) is 224 cm³/mol. The summed E-state index contributed by atoms with van der Waals surface area (Å²) in [4.78, 5) is 69.8. The van der Waals surface area contributed by atoms with E-state index in [-0.39, 0.29) is 36.4 Å². The third-order valence-electron chi connectivity index (χ3n) is 11.5. The maximum atomic E-state index is 13.6. The molecule has 0 spiro atoms. The summed E-state index contributed by atoms with van der Waals surface area (Å²) in [5, 5.41) is 9.61. The van der Waals surface area contributed by atoms with Crippen LogP contribution in [-0.4, -0.2) is 93.6 Å². The van der Waals surface area contributed by atoms with Gasteiger partial charge in [-0.2, -0.15) is 0 Å². The highest BCUT2D eigenvalue weighted by atomic mass is 16.5. The quantitative estimate of drug-likeness (QED) is 0.110. The predicted octanol–water partition coefficient (Wildman–Crippen LogP) is 7.50. The number of hydrogen-bond acceptors (Lipinski definition) is 8. The van der Waals surface area contributed by atoms with Gasteiger partial charge in [0.25, 0.3) is 0 Å². The molecule has 59 heavy (non-hydrogen) atoms. The molecule has 4 N–H and O–H groups in total. The molecule has 4 heterocycles. The van der Waals surface area contributed by atoms with Gasteiger partial charge in [0, 0.05) is 24.2 Å². The van der Waals surface area contributed by atoms with Gasteiger partial charge in [0.05, 0.1) is 50.1 Å². The molecule has 0 aliphatic carbocycles. The van der Waals surface area contributed by atoms with E-state index >= 15 is 0 Å². The van der Waals surface area contributed by atoms with Crippen LogP contribution in [0, 0.1) is 5.92 Å². The molecule has 0 saturated carbocycles. The molecule has 8 rings (SSSR count). The average molecular weight is 797 g/mol. The normalized spacial score (nSPS) is 17.1. The topological polar surface area (TPSA) is 175 Å². The van der Waals surface area contributed by atoms with E-state index in [1.807, 2.05) is 31.1 Å². The molecule has 14 heteroatoms. The molecule has 6 aromatic rings. The van der Waals surface area contributed by atoms with Gasteiger partial charge in [0.2, 0.25) is 11.8 Å². The zero-order chi connectivity index (χ0) is 41.2. The van der Waals surface area contributed by atoms with Gasteiger partial charge in [0.1, 0.15) is 24.2 Å². The lowest BCUT2D eigenvalue weighted by Gasteiger charge is -2.30. The molecular weight excluding hydrogens is 749 g/mol. The molecule has 0 radical (unpaired) electrons. The monoisotopic (exact) mass is 796 g/mol. The van der Waals surface area contributed by atoms with Crippen LogP contribution in [0.2, 0.25) is 0 Å². The number of amides is 4. The van der Waals surface area contributed by atoms with Gasteiger partial charge in [-0.1, -0.05) is 62.4 Å². The van der Waals surface area contributed by atoms with Crippen molar-refractivity contribution in [2.75, 3.05) is 33.9 Å². The first kappa shape index (κ1) is 39.1. The summed E-state index contributed by atoms with van der Waals surface area (Å²) in [6, 6.07) is 24.6. The number of fused-ring (bicyclic) bond motifs is 2. The molecule has 14 nitrogen and oxygen atoms in total. The molecule has 0 unspecified atom stereocenters. The molecule has 2 saturated heterocycles. The average Bonchev–Trinajstić information content (AvgIpc) is 4.10. The van der Waals surface area contributed by atoms with E-state index in [9.17, 15) is 19.2 Å². The van der Waals surface area contributed by atoms with Crippen molar-refractivity contribution in [2.45, 2.75) is 57.7 Å². The molecule has 0 bridgehead atoms. The number of hydrogen-bond donors (Lipinski definition) is 4. The molecule has 3 atom stereocenters. The van der Waals surface area contributed by atoms with E-state index in [1.54, 1.807) is 4.90 Å². The summed E-state index contributed by atoms with van der Waals surface area (Å²) in [5.74, 6) is 1.05. The number of benzene rings is 4. The Bertz CT molecular complexity index is 2540. The van der Waals surface area contributed by atoms with E-state index in [4.69, 9.17) is 9.72 Å². The van der Waals surface area contributed by atoms with Crippen molar-refractivity contribution in [3.63, 3.8) is 0 Å². The number of methoxy groups -OCH3 is 2. The minimum absolute atomic E-state index is 0.104. The second-order valence-corrected chi connectivity index (χ2v) is 15.6. The van der Waals surface area contributed by atoms with Crippen molar-refractivity contribution in [1.82, 2.24) is 40.4 Å². The van der Waals surface area contributed by atoms with Gasteiger partial charge in [-0.3, -0.25) is 9.59 Å². The smallest absolute Gasteiger partial charge is 0.407 e. The summed E-state index contributed by atoms with van der Waals surface area (Å²) in [5.41, 5.74) is 5.98. The van der Waals surface area contributed by atoms with E-state index in [1.165, 1.54) is 14.2 Å². The zero-order valence-electron chi connectivity index (χ0n) is 33.6. The molecule has 4 amide bonds. The lowest BCUT2D eigenvalue weighted by atomic mass is 9.97. The lowest BCUT2D eigenvalue weighted by molar-refractivity contribution is -0.135. The molecular formula is C45H48N8O6. The highest BCUT2D eigenvalue weighted by Crippen LogP contribution is 2.36. The Labute approximate surface area is 341 Å². The number of carbonyl (C=O) groups excluding carboxylic acids is 4. The third-order valence-corrected chi connectivity index (χ3v) is 11.5. The molecule has 2 aliphatic heterocycles. The number of likely N-dealkylation sites (tertiary alicyclic amines) is 2. The summed E-state index contributed by atoms with van der Waals surface area (Å²) in [6.45, 7) is 4.90. The number of aromatic nitrogens is 4. The van der Waals surface area contributed by atoms with Crippen LogP contribution >= 0.6 is 0 Å². The number of nitrogens with zero attached hydrogens (tertiary/aromatic N) is 4. The lowest BCUT2D eigenvalue weighted by Crippen LogP contribution is -2.51. The van der Waals surface area contributed by atoms with Crippen LogP contribution < -0.4 is 10.6 Å². The summed E-state index contributed by atoms with van der Waals surface area (Å²) in [6.07, 6.45) is 5.67. The van der Waals surface area contributed by atoms with Gasteiger partial charge in [-0.25, -0.2) is 19.6 Å². The number of H-pyrrole nitrogens is 2. The van der Waals surface area contributed by atoms with Crippen molar-refractivity contribution in [1.29, 1.82) is 0 Å². The standard InChI is InChI=1S/C45H48N8O6/c1-26(2)40(51-45(57)59-4)43(55)53-18-6-8-38(53)42-47-24-36(50-42)34-16-14-30-20-28(10-12-32(30)22-34)27-9-11-31-21-33(15-13-29(31)19-27)35-23-46-41(49-35)37-7-5-17-52(37)39(54)25-48-44(56)58-3/h9-16,19-24,26,37-38,40H,5-8,17-18,25H2,1-4H3,(H,46,49)(H,47,50)(H,48,56)(H,51,57)/t37-,38-,40-/m0/s1. The van der Waals surface area contributed by atoms with Crippen LogP contribution in [-0.2, 0) is 19.1 Å². The summed E-state index contributed by atoms with van der Waals surface area (Å²) in [7, 11) is 2.56. The van der Waals surface area contributed by atoms with Gasteiger partial charge in [-0.05, 0) is 88.5 Å². The Morgan fingerprint density at radius 2 is 1.14 bits per heavy atom. The van der Waals surface area contributed by atoms with Crippen LogP contribution in [0.25, 0.3) is 55.2 Å². The fraction of sp³-hybridized carbons (Fsp3) is 0.333. The second-order valence-electron chi connectivity index (χ2n) is 15.6. The number of rotatable bonds is 10. The first-order valence-electron chi connectivity index (χ1n) is 20.0. The maximum Gasteiger partial charge on any atom is 0.407 e. The molecule has 4 aromatic carbocycles. The van der Waals surface area contributed by atoms with Crippen molar-refractivity contribution in [3.05, 3.63) is 96.8 Å². The van der Waals surface area contributed by atoms with E-state index < -0.39 is 18.2 Å². The van der Waals surface area contributed by atoms with Crippen molar-refractivity contribution in [2.24, 2.45) is 5.92 Å². The molecule has 304 valence electrons. The second kappa shape index (κ2) is 16.6. The minimum atomic E-state index is -0.687. The third kappa shape index (κ3) is 8.07. The van der Waals surface area contributed by atoms with Crippen LogP contribution in [0.1, 0.15) is 63.3 Å². The van der Waals surface area contributed by atoms with Crippen LogP contribution in [0.3, 0.4) is 0 Å². The van der Waals surface area contributed by atoms with Gasteiger partial charge >= 0.3 is 12.2 Å². The summed E-state index contributed by atoms with van der Waals surface area (Å²) < 4.78 is 9.37. The number of carbonyl (C=O) groups is 4. The number of aromatic amines is 2. The van der Waals surface area contributed by atoms with E-state index in [0.29, 0.717) is 13.1 Å². The number of imidazole rings is 2. The maximum absolute atomic E-state index is 13.6. The Balaban J connectivity index is 0.953. The van der Waals surface area contributed by atoms with Crippen LogP contribution in [0.5, 0.6) is 0 Å². The van der Waals surface area contributed by atoms with Gasteiger partial charge in [0.15, 0.2) is 0 Å². The van der Waals surface area contributed by atoms with Crippen molar-refractivity contribution >= 4 is 45.5 Å². The molecule has 2 aromatic heterocycles. The fourth-order valence-electron chi connectivity index (χ4n) is 8.35. The van der Waals surface area contributed by atoms with Crippen LogP contribution in [0.4, 0.5) is 9.59 Å². The first-order chi connectivity index (χ1) is 28.6. The minimum Gasteiger partial charge on any atom is -0.453 e. The first-order valence-corrected chi connectivity index (χ1v) is 20.0. The fourth-order valence-corrected chi connectivity index (χ4v) is 8.35. The Kier molecular flexibility index (Phi) is 11.0. The number of ether oxygens (including phenoxy) is 2. The highest BCUT2D eigenvalue weighted by Gasteiger charge is 2.37. The number of nitrogens with one attached hydrogen (secondary N) is 4. The Morgan fingerprint density at radius 1 is 0.678 bits per heavy atom. The molecule has 2 aliphatic rings. The van der Waals surface area contributed by atoms with Crippen molar-refractivity contribution in [3.8, 4) is 33.6 Å². The number of alkyl carbamates (subject to hydrolysis) is 2. The Morgan fingerprint density at radius 3 is 1.63 bits per heavy atom. The Hall–Kier alpha value is -6.70. The van der Waals surface area contributed by atoms with E-state index in [0.717, 1.165) is 92.5 Å². The van der Waals surface area contributed by atoms with Gasteiger partial charge in [-0.15, -0.1) is 0 Å². The summed E-state index contributed by atoms with van der Waals surface area (Å²) >= 11 is 0. The SMILES string of the molecule is COC(=O)NCC(=O)N1CCC[C@H]1c1ncc(-c2ccc3cc(-c4ccc5cc(-c6cnc([C@@H]7CCCN7C(=O)[C@@H](NC(=O)OC)C(C)C)[nH]6)ccc5c4)ccc3c2)[nH]1. The van der Waals surface area contributed by atoms with Crippen LogP contribution in [0.15, 0.2) is 85.2 Å². The zero-order valence-corrected chi connectivity index (χ0v) is 33.6. The van der Waals surface area contributed by atoms with Gasteiger partial charge < -0.3 is 39.9 Å². The van der Waals surface area contributed by atoms with Crippen molar-refractivity contribution < 1.29 is 28.7 Å². The highest BCUT2D eigenvalue weighted by molar-refractivity contribution is 5.94. The largest absolute Gasteiger partial charge is 0.453 e. The molecule has 2 fully saturated rings.